The van der Waals surface area contributed by atoms with Crippen molar-refractivity contribution in [1.82, 2.24) is 16.2 Å². The highest BCUT2D eigenvalue weighted by atomic mass is 32.1. The molecule has 0 saturated carbocycles. The fourth-order valence-corrected chi connectivity index (χ4v) is 2.11. The Morgan fingerprint density at radius 2 is 1.71 bits per heavy atom. The van der Waals surface area contributed by atoms with Gasteiger partial charge in [-0.05, 0) is 36.0 Å². The van der Waals surface area contributed by atoms with Crippen LogP contribution in [0.25, 0.3) is 0 Å². The third kappa shape index (κ3) is 4.85. The summed E-state index contributed by atoms with van der Waals surface area (Å²) < 4.78 is 10.3. The summed E-state index contributed by atoms with van der Waals surface area (Å²) in [7, 11) is 3.05. The fraction of sp³-hybridized carbons (Fsp3) is 0.176. The molecule has 0 bridgehead atoms. The zero-order valence-corrected chi connectivity index (χ0v) is 14.3. The molecule has 24 heavy (non-hydrogen) atoms. The van der Waals surface area contributed by atoms with E-state index in [9.17, 15) is 4.79 Å². The van der Waals surface area contributed by atoms with Crippen molar-refractivity contribution >= 4 is 23.2 Å². The summed E-state index contributed by atoms with van der Waals surface area (Å²) >= 11 is 5.13. The predicted molar refractivity (Wildman–Crippen MR) is 96.0 cm³/mol. The third-order valence-corrected chi connectivity index (χ3v) is 3.48. The molecule has 2 aromatic carbocycles. The summed E-state index contributed by atoms with van der Waals surface area (Å²) in [6, 6.07) is 14.7. The minimum atomic E-state index is -0.334. The van der Waals surface area contributed by atoms with Crippen LogP contribution in [0.2, 0.25) is 0 Å². The van der Waals surface area contributed by atoms with Crippen molar-refractivity contribution in [3.63, 3.8) is 0 Å². The summed E-state index contributed by atoms with van der Waals surface area (Å²) in [6.07, 6.45) is 0. The Hall–Kier alpha value is -2.80. The van der Waals surface area contributed by atoms with E-state index in [-0.39, 0.29) is 5.91 Å². The molecule has 0 unspecified atom stereocenters. The van der Waals surface area contributed by atoms with E-state index in [0.717, 1.165) is 5.56 Å². The maximum absolute atomic E-state index is 12.1. The van der Waals surface area contributed by atoms with Crippen molar-refractivity contribution in [2.75, 3.05) is 14.2 Å². The molecule has 0 heterocycles. The topological polar surface area (TPSA) is 71.6 Å². The first-order valence-corrected chi connectivity index (χ1v) is 7.65. The van der Waals surface area contributed by atoms with Gasteiger partial charge in [0.2, 0.25) is 0 Å². The number of methoxy groups -OCH3 is 2. The number of ether oxygens (including phenoxy) is 2. The van der Waals surface area contributed by atoms with Gasteiger partial charge in [-0.3, -0.25) is 15.6 Å². The van der Waals surface area contributed by atoms with Crippen LogP contribution >= 0.6 is 12.2 Å². The number of hydrogen-bond donors (Lipinski definition) is 3. The minimum Gasteiger partial charge on any atom is -0.493 e. The Kier molecular flexibility index (Phi) is 6.39. The van der Waals surface area contributed by atoms with Crippen LogP contribution in [-0.4, -0.2) is 25.2 Å². The Bertz CT molecular complexity index is 707. The van der Waals surface area contributed by atoms with Crippen molar-refractivity contribution < 1.29 is 14.3 Å². The molecule has 0 radical (unpaired) electrons. The van der Waals surface area contributed by atoms with Gasteiger partial charge < -0.3 is 14.8 Å². The molecule has 0 atom stereocenters. The van der Waals surface area contributed by atoms with Crippen molar-refractivity contribution in [3.8, 4) is 11.5 Å². The number of nitrogens with one attached hydrogen (secondary N) is 3. The lowest BCUT2D eigenvalue weighted by Gasteiger charge is -2.13. The molecule has 1 amide bonds. The lowest BCUT2D eigenvalue weighted by Crippen LogP contribution is -2.46. The normalized spacial score (nSPS) is 9.75. The number of rotatable bonds is 5. The zero-order chi connectivity index (χ0) is 17.4. The highest BCUT2D eigenvalue weighted by molar-refractivity contribution is 7.80. The Labute approximate surface area is 146 Å². The number of hydrazine groups is 1. The molecule has 2 rings (SSSR count). The second-order valence-corrected chi connectivity index (χ2v) is 5.23. The van der Waals surface area contributed by atoms with E-state index in [1.807, 2.05) is 30.3 Å². The van der Waals surface area contributed by atoms with E-state index in [2.05, 4.69) is 16.2 Å². The van der Waals surface area contributed by atoms with E-state index in [1.54, 1.807) is 18.2 Å². The molecular formula is C17H19N3O3S. The first kappa shape index (κ1) is 17.6. The Balaban J connectivity index is 1.85. The summed E-state index contributed by atoms with van der Waals surface area (Å²) in [5.41, 5.74) is 6.71. The van der Waals surface area contributed by atoms with Crippen LogP contribution in [0, 0.1) is 0 Å². The first-order chi connectivity index (χ1) is 11.6. The third-order valence-electron chi connectivity index (χ3n) is 3.23. The number of amides is 1. The molecule has 7 heteroatoms. The quantitative estimate of drug-likeness (QED) is 0.569. The Morgan fingerprint density at radius 3 is 2.38 bits per heavy atom. The van der Waals surface area contributed by atoms with Gasteiger partial charge in [-0.15, -0.1) is 0 Å². The van der Waals surface area contributed by atoms with Crippen LogP contribution in [0.1, 0.15) is 15.9 Å². The van der Waals surface area contributed by atoms with E-state index < -0.39 is 0 Å². The molecule has 6 nitrogen and oxygen atoms in total. The number of benzene rings is 2. The highest BCUT2D eigenvalue weighted by Gasteiger charge is 2.10. The lowest BCUT2D eigenvalue weighted by molar-refractivity contribution is 0.0943. The van der Waals surface area contributed by atoms with Crippen molar-refractivity contribution in [1.29, 1.82) is 0 Å². The number of thiocarbonyl (C=S) groups is 1. The van der Waals surface area contributed by atoms with Crippen LogP contribution < -0.4 is 25.6 Å². The van der Waals surface area contributed by atoms with Crippen LogP contribution in [0.4, 0.5) is 0 Å². The molecule has 126 valence electrons. The molecule has 0 fully saturated rings. The predicted octanol–water partition coefficient (Wildman–Crippen LogP) is 2.01. The summed E-state index contributed by atoms with van der Waals surface area (Å²) in [5.74, 6) is 0.705. The second-order valence-electron chi connectivity index (χ2n) is 4.82. The van der Waals surface area contributed by atoms with Gasteiger partial charge in [0.25, 0.3) is 5.91 Å². The lowest BCUT2D eigenvalue weighted by atomic mass is 10.2. The van der Waals surface area contributed by atoms with Crippen LogP contribution in [0.15, 0.2) is 48.5 Å². The molecule has 3 N–H and O–H groups in total. The van der Waals surface area contributed by atoms with Gasteiger partial charge in [0.15, 0.2) is 16.6 Å². The minimum absolute atomic E-state index is 0.327. The zero-order valence-electron chi connectivity index (χ0n) is 13.5. The SMILES string of the molecule is COc1ccc(C(=O)NNC(=S)NCc2ccccc2)cc1OC. The molecule has 0 aliphatic carbocycles. The molecule has 0 aliphatic rings. The van der Waals surface area contributed by atoms with E-state index in [0.29, 0.717) is 28.7 Å². The van der Waals surface area contributed by atoms with Crippen LogP contribution in [-0.2, 0) is 6.54 Å². The Morgan fingerprint density at radius 1 is 1.00 bits per heavy atom. The number of carbonyl (C=O) groups is 1. The molecule has 0 aliphatic heterocycles. The van der Waals surface area contributed by atoms with Crippen molar-refractivity contribution in [2.45, 2.75) is 6.54 Å². The summed E-state index contributed by atoms with van der Waals surface area (Å²) in [5, 5.41) is 3.33. The van der Waals surface area contributed by atoms with Gasteiger partial charge >= 0.3 is 0 Å². The molecular weight excluding hydrogens is 326 g/mol. The maximum Gasteiger partial charge on any atom is 0.269 e. The van der Waals surface area contributed by atoms with Gasteiger partial charge in [-0.1, -0.05) is 30.3 Å². The van der Waals surface area contributed by atoms with Gasteiger partial charge in [0.05, 0.1) is 14.2 Å². The molecule has 0 saturated heterocycles. The molecule has 2 aromatic rings. The monoisotopic (exact) mass is 345 g/mol. The van der Waals surface area contributed by atoms with Gasteiger partial charge in [0, 0.05) is 12.1 Å². The first-order valence-electron chi connectivity index (χ1n) is 7.24. The number of hydrogen-bond acceptors (Lipinski definition) is 4. The van der Waals surface area contributed by atoms with Crippen LogP contribution in [0.5, 0.6) is 11.5 Å². The largest absolute Gasteiger partial charge is 0.493 e. The average molecular weight is 345 g/mol. The standard InChI is InChI=1S/C17H19N3O3S/c1-22-14-9-8-13(10-15(14)23-2)16(21)19-20-17(24)18-11-12-6-4-3-5-7-12/h3-10H,11H2,1-2H3,(H,19,21)(H2,18,20,24). The second kappa shape index (κ2) is 8.73. The van der Waals surface area contributed by atoms with Gasteiger partial charge in [-0.25, -0.2) is 0 Å². The fourth-order valence-electron chi connectivity index (χ4n) is 1.99. The highest BCUT2D eigenvalue weighted by Crippen LogP contribution is 2.27. The maximum atomic E-state index is 12.1. The summed E-state index contributed by atoms with van der Waals surface area (Å²) in [4.78, 5) is 12.1. The van der Waals surface area contributed by atoms with E-state index >= 15 is 0 Å². The van der Waals surface area contributed by atoms with Crippen LogP contribution in [0.3, 0.4) is 0 Å². The number of carbonyl (C=O) groups excluding carboxylic acids is 1. The van der Waals surface area contributed by atoms with Gasteiger partial charge in [-0.2, -0.15) is 0 Å². The summed E-state index contributed by atoms with van der Waals surface area (Å²) in [6.45, 7) is 0.568. The molecule has 0 aromatic heterocycles. The smallest absolute Gasteiger partial charge is 0.269 e. The van der Waals surface area contributed by atoms with E-state index in [1.165, 1.54) is 14.2 Å². The average Bonchev–Trinajstić information content (AvgIpc) is 2.64. The van der Waals surface area contributed by atoms with Crippen molar-refractivity contribution in [2.24, 2.45) is 0 Å². The van der Waals surface area contributed by atoms with Gasteiger partial charge in [0.1, 0.15) is 0 Å². The van der Waals surface area contributed by atoms with Crippen molar-refractivity contribution in [3.05, 3.63) is 59.7 Å². The molecule has 0 spiro atoms. The van der Waals surface area contributed by atoms with E-state index in [4.69, 9.17) is 21.7 Å².